The van der Waals surface area contributed by atoms with Crippen molar-refractivity contribution >= 4 is 11.6 Å². The highest BCUT2D eigenvalue weighted by Crippen LogP contribution is 2.39. The highest BCUT2D eigenvalue weighted by atomic mass is 16.3. The van der Waals surface area contributed by atoms with Crippen LogP contribution in [0, 0.1) is 11.8 Å². The minimum atomic E-state index is -0.115. The lowest BCUT2D eigenvalue weighted by Gasteiger charge is -2.19. The average molecular weight is 219 g/mol. The third kappa shape index (κ3) is 1.53. The summed E-state index contributed by atoms with van der Waals surface area (Å²) in [6.45, 7) is 1.93. The van der Waals surface area contributed by atoms with Gasteiger partial charge in [-0.2, -0.15) is 0 Å². The fourth-order valence-corrected chi connectivity index (χ4v) is 3.04. The van der Waals surface area contributed by atoms with Gasteiger partial charge < -0.3 is 15.7 Å². The van der Waals surface area contributed by atoms with Crippen LogP contribution in [-0.4, -0.2) is 29.3 Å². The zero-order valence-electron chi connectivity index (χ0n) is 9.21. The van der Waals surface area contributed by atoms with Gasteiger partial charge in [-0.3, -0.25) is 0 Å². The van der Waals surface area contributed by atoms with Crippen molar-refractivity contribution in [3.63, 3.8) is 0 Å². The zero-order chi connectivity index (χ0) is 11.1. The van der Waals surface area contributed by atoms with E-state index in [1.165, 1.54) is 0 Å². The summed E-state index contributed by atoms with van der Waals surface area (Å²) in [6, 6.07) is 5.72. The van der Waals surface area contributed by atoms with Crippen LogP contribution in [0.25, 0.3) is 0 Å². The molecule has 3 N–H and O–H groups in total. The Kier molecular flexibility index (Phi) is 2.24. The van der Waals surface area contributed by atoms with Gasteiger partial charge in [0.25, 0.3) is 0 Å². The maximum atomic E-state index is 9.85. The number of pyridine rings is 1. The number of rotatable bonds is 1. The first-order valence-electron chi connectivity index (χ1n) is 5.89. The standard InChI is InChI=1S/C12H17N3O/c13-11-2-1-3-12(14-11)15-6-8-4-5-10(16)9(8)7-15/h1-3,8-10,16H,4-7H2,(H2,13,14). The molecule has 0 bridgehead atoms. The van der Waals surface area contributed by atoms with Crippen molar-refractivity contribution < 1.29 is 5.11 Å². The molecule has 1 saturated carbocycles. The Morgan fingerprint density at radius 2 is 2.19 bits per heavy atom. The van der Waals surface area contributed by atoms with Crippen molar-refractivity contribution in [1.29, 1.82) is 0 Å². The molecule has 16 heavy (non-hydrogen) atoms. The van der Waals surface area contributed by atoms with E-state index in [2.05, 4.69) is 9.88 Å². The van der Waals surface area contributed by atoms with Crippen molar-refractivity contribution in [3.05, 3.63) is 18.2 Å². The van der Waals surface area contributed by atoms with Crippen LogP contribution in [0.3, 0.4) is 0 Å². The number of anilines is 2. The van der Waals surface area contributed by atoms with Crippen LogP contribution in [0.4, 0.5) is 11.6 Å². The van der Waals surface area contributed by atoms with Crippen LogP contribution in [0.1, 0.15) is 12.8 Å². The number of hydrogen-bond donors (Lipinski definition) is 2. The molecule has 3 atom stereocenters. The number of nitrogens with zero attached hydrogens (tertiary/aromatic N) is 2. The summed E-state index contributed by atoms with van der Waals surface area (Å²) in [6.07, 6.45) is 1.99. The lowest BCUT2D eigenvalue weighted by atomic mass is 10.00. The third-order valence-corrected chi connectivity index (χ3v) is 3.90. The maximum Gasteiger partial charge on any atom is 0.130 e. The smallest absolute Gasteiger partial charge is 0.130 e. The molecule has 0 spiro atoms. The molecule has 1 aromatic rings. The first-order chi connectivity index (χ1) is 7.74. The molecule has 1 saturated heterocycles. The van der Waals surface area contributed by atoms with Crippen LogP contribution in [-0.2, 0) is 0 Å². The Morgan fingerprint density at radius 1 is 1.31 bits per heavy atom. The minimum absolute atomic E-state index is 0.115. The van der Waals surface area contributed by atoms with E-state index in [1.807, 2.05) is 12.1 Å². The Balaban J connectivity index is 1.79. The van der Waals surface area contributed by atoms with Gasteiger partial charge in [-0.1, -0.05) is 6.07 Å². The molecule has 1 aromatic heterocycles. The monoisotopic (exact) mass is 219 g/mol. The van der Waals surface area contributed by atoms with E-state index in [1.54, 1.807) is 6.07 Å². The molecule has 1 aliphatic carbocycles. The summed E-state index contributed by atoms with van der Waals surface area (Å²) in [4.78, 5) is 6.57. The van der Waals surface area contributed by atoms with Gasteiger partial charge in [0.15, 0.2) is 0 Å². The average Bonchev–Trinajstić information content (AvgIpc) is 2.81. The number of aliphatic hydroxyl groups excluding tert-OH is 1. The van der Waals surface area contributed by atoms with Gasteiger partial charge in [-0.05, 0) is 30.9 Å². The molecule has 4 nitrogen and oxygen atoms in total. The van der Waals surface area contributed by atoms with Crippen molar-refractivity contribution in [2.24, 2.45) is 11.8 Å². The molecule has 0 amide bonds. The van der Waals surface area contributed by atoms with Gasteiger partial charge in [0.2, 0.25) is 0 Å². The van der Waals surface area contributed by atoms with E-state index in [4.69, 9.17) is 5.73 Å². The summed E-state index contributed by atoms with van der Waals surface area (Å²) in [5.41, 5.74) is 5.68. The summed E-state index contributed by atoms with van der Waals surface area (Å²) in [5.74, 6) is 2.58. The Hall–Kier alpha value is -1.29. The molecule has 3 unspecified atom stereocenters. The summed E-state index contributed by atoms with van der Waals surface area (Å²) in [5, 5.41) is 9.85. The van der Waals surface area contributed by atoms with E-state index in [0.717, 1.165) is 31.7 Å². The highest BCUT2D eigenvalue weighted by molar-refractivity contribution is 5.46. The second-order valence-electron chi connectivity index (χ2n) is 4.89. The van der Waals surface area contributed by atoms with Gasteiger partial charge in [-0.25, -0.2) is 4.98 Å². The number of aromatic nitrogens is 1. The normalized spacial score (nSPS) is 33.1. The first-order valence-corrected chi connectivity index (χ1v) is 5.89. The van der Waals surface area contributed by atoms with Crippen LogP contribution < -0.4 is 10.6 Å². The van der Waals surface area contributed by atoms with Gasteiger partial charge in [0.1, 0.15) is 11.6 Å². The zero-order valence-corrected chi connectivity index (χ0v) is 9.21. The van der Waals surface area contributed by atoms with E-state index in [9.17, 15) is 5.11 Å². The number of aliphatic hydroxyl groups is 1. The highest BCUT2D eigenvalue weighted by Gasteiger charge is 2.42. The van der Waals surface area contributed by atoms with E-state index in [0.29, 0.717) is 17.7 Å². The Morgan fingerprint density at radius 3 is 2.94 bits per heavy atom. The molecule has 0 aromatic carbocycles. The molecule has 2 fully saturated rings. The molecule has 86 valence electrons. The summed E-state index contributed by atoms with van der Waals surface area (Å²) in [7, 11) is 0. The fourth-order valence-electron chi connectivity index (χ4n) is 3.04. The SMILES string of the molecule is Nc1cccc(N2CC3CCC(O)C3C2)n1. The number of nitrogen functional groups attached to an aromatic ring is 1. The third-order valence-electron chi connectivity index (χ3n) is 3.90. The predicted molar refractivity (Wildman–Crippen MR) is 63.1 cm³/mol. The van der Waals surface area contributed by atoms with Gasteiger partial charge in [0.05, 0.1) is 6.10 Å². The number of hydrogen-bond acceptors (Lipinski definition) is 4. The molecule has 2 heterocycles. The van der Waals surface area contributed by atoms with E-state index in [-0.39, 0.29) is 6.10 Å². The summed E-state index contributed by atoms with van der Waals surface area (Å²) < 4.78 is 0. The fraction of sp³-hybridized carbons (Fsp3) is 0.583. The topological polar surface area (TPSA) is 62.4 Å². The molecule has 1 aliphatic heterocycles. The van der Waals surface area contributed by atoms with Gasteiger partial charge in [0, 0.05) is 19.0 Å². The van der Waals surface area contributed by atoms with Crippen molar-refractivity contribution in [2.75, 3.05) is 23.7 Å². The van der Waals surface area contributed by atoms with Gasteiger partial charge in [-0.15, -0.1) is 0 Å². The first kappa shape index (κ1) is 9.90. The molecular weight excluding hydrogens is 202 g/mol. The van der Waals surface area contributed by atoms with Crippen LogP contribution in [0.15, 0.2) is 18.2 Å². The molecular formula is C12H17N3O. The minimum Gasteiger partial charge on any atom is -0.393 e. The van der Waals surface area contributed by atoms with E-state index >= 15 is 0 Å². The quantitative estimate of drug-likeness (QED) is 0.735. The second-order valence-corrected chi connectivity index (χ2v) is 4.89. The lowest BCUT2D eigenvalue weighted by Crippen LogP contribution is -2.25. The Labute approximate surface area is 95.1 Å². The van der Waals surface area contributed by atoms with Crippen LogP contribution >= 0.6 is 0 Å². The van der Waals surface area contributed by atoms with Crippen LogP contribution in [0.2, 0.25) is 0 Å². The van der Waals surface area contributed by atoms with Crippen molar-refractivity contribution in [2.45, 2.75) is 18.9 Å². The predicted octanol–water partition coefficient (Wildman–Crippen LogP) is 0.871. The molecule has 0 radical (unpaired) electrons. The molecule has 3 rings (SSSR count). The largest absolute Gasteiger partial charge is 0.393 e. The second kappa shape index (κ2) is 3.63. The lowest BCUT2D eigenvalue weighted by molar-refractivity contribution is 0.133. The van der Waals surface area contributed by atoms with Crippen molar-refractivity contribution in [3.8, 4) is 0 Å². The molecule has 4 heteroatoms. The summed E-state index contributed by atoms with van der Waals surface area (Å²) >= 11 is 0. The van der Waals surface area contributed by atoms with E-state index < -0.39 is 0 Å². The number of nitrogens with two attached hydrogens (primary N) is 1. The molecule has 2 aliphatic rings. The van der Waals surface area contributed by atoms with Crippen molar-refractivity contribution in [1.82, 2.24) is 4.98 Å². The Bertz CT molecular complexity index is 396. The van der Waals surface area contributed by atoms with Gasteiger partial charge >= 0.3 is 0 Å². The maximum absolute atomic E-state index is 9.85. The van der Waals surface area contributed by atoms with Crippen LogP contribution in [0.5, 0.6) is 0 Å². The number of fused-ring (bicyclic) bond motifs is 1.